The maximum absolute atomic E-state index is 13.9. The summed E-state index contributed by atoms with van der Waals surface area (Å²) in [5.41, 5.74) is 0.803. The second-order valence-electron chi connectivity index (χ2n) is 9.33. The lowest BCUT2D eigenvalue weighted by Gasteiger charge is -2.43. The minimum atomic E-state index is -0.975. The Bertz CT molecular complexity index is 1140. The van der Waals surface area contributed by atoms with Gasteiger partial charge >= 0.3 is 0 Å². The first kappa shape index (κ1) is 19.5. The van der Waals surface area contributed by atoms with Gasteiger partial charge in [-0.15, -0.1) is 0 Å². The van der Waals surface area contributed by atoms with Gasteiger partial charge in [0.2, 0.25) is 11.8 Å². The van der Waals surface area contributed by atoms with Crippen LogP contribution in [0.2, 0.25) is 0 Å². The van der Waals surface area contributed by atoms with E-state index in [0.29, 0.717) is 11.4 Å². The lowest BCUT2D eigenvalue weighted by atomic mass is 9.70. The number of nitrogens with one attached hydrogen (secondary N) is 1. The van der Waals surface area contributed by atoms with Crippen LogP contribution in [-0.2, 0) is 19.1 Å². The first-order valence-corrected chi connectivity index (χ1v) is 11.0. The van der Waals surface area contributed by atoms with Crippen LogP contribution in [0, 0.1) is 24.7 Å². The first-order chi connectivity index (χ1) is 15.4. The Morgan fingerprint density at radius 2 is 1.97 bits per heavy atom. The van der Waals surface area contributed by atoms with Crippen molar-refractivity contribution in [2.75, 3.05) is 5.32 Å². The molecule has 164 valence electrons. The number of furan rings is 1. The van der Waals surface area contributed by atoms with Crippen LogP contribution in [0.5, 0.6) is 0 Å². The number of fused-ring (bicyclic) bond motifs is 2. The number of ether oxygens (including phenoxy) is 1. The fourth-order valence-electron chi connectivity index (χ4n) is 6.13. The summed E-state index contributed by atoms with van der Waals surface area (Å²) >= 11 is 0. The van der Waals surface area contributed by atoms with Gasteiger partial charge < -0.3 is 19.4 Å². The van der Waals surface area contributed by atoms with Gasteiger partial charge in [-0.1, -0.05) is 36.8 Å². The molecule has 2 amide bonds. The molecule has 0 aliphatic carbocycles. The van der Waals surface area contributed by atoms with E-state index >= 15 is 0 Å². The highest BCUT2D eigenvalue weighted by Crippen LogP contribution is 2.59. The predicted octanol–water partition coefficient (Wildman–Crippen LogP) is 3.03. The molecular weight excluding hydrogens is 408 g/mol. The third-order valence-electron chi connectivity index (χ3n) is 7.57. The highest BCUT2D eigenvalue weighted by Gasteiger charge is 2.74. The van der Waals surface area contributed by atoms with Gasteiger partial charge in [-0.3, -0.25) is 14.4 Å². The number of hydrogen-bond donors (Lipinski definition) is 1. The van der Waals surface area contributed by atoms with Crippen LogP contribution in [0.4, 0.5) is 5.69 Å². The van der Waals surface area contributed by atoms with Crippen LogP contribution < -0.4 is 5.32 Å². The van der Waals surface area contributed by atoms with Crippen molar-refractivity contribution in [2.24, 2.45) is 17.8 Å². The summed E-state index contributed by atoms with van der Waals surface area (Å²) in [6.07, 6.45) is 5.05. The maximum atomic E-state index is 13.9. The zero-order chi connectivity index (χ0) is 22.2. The minimum absolute atomic E-state index is 0.0727. The molecule has 6 rings (SSSR count). The Morgan fingerprint density at radius 3 is 2.69 bits per heavy atom. The molecule has 1 N–H and O–H groups in total. The van der Waals surface area contributed by atoms with Gasteiger partial charge in [0.15, 0.2) is 0 Å². The number of aryl methyl sites for hydroxylation is 1. The molecular formula is C25H24N2O5. The van der Waals surface area contributed by atoms with E-state index in [0.717, 1.165) is 5.56 Å². The molecule has 4 aliphatic rings. The Morgan fingerprint density at radius 1 is 1.19 bits per heavy atom. The Labute approximate surface area is 185 Å². The normalized spacial score (nSPS) is 37.0. The standard InChI is InChI=1S/C25H24N2O5/c1-13-5-7-15(8-6-13)26-23(29)20-19-9-10-25(32-19)21(20)24(30)27-16(18-4-3-11-31-18)12-17(28)14(2)22(25)27/h3-11,14,16,19-22H,12H2,1-2H3,(H,26,29)/t14?,16?,19-,20?,21-,22?,25-/m0/s1. The number of carbonyl (C=O) groups is 3. The molecule has 1 spiro atoms. The van der Waals surface area contributed by atoms with Gasteiger partial charge in [0.25, 0.3) is 0 Å². The fraction of sp³-hybridized carbons (Fsp3) is 0.400. The van der Waals surface area contributed by atoms with Gasteiger partial charge in [0, 0.05) is 18.0 Å². The van der Waals surface area contributed by atoms with Crippen LogP contribution in [0.3, 0.4) is 0 Å². The van der Waals surface area contributed by atoms with E-state index in [1.807, 2.05) is 50.3 Å². The van der Waals surface area contributed by atoms with Crippen molar-refractivity contribution in [3.63, 3.8) is 0 Å². The van der Waals surface area contributed by atoms with Crippen LogP contribution in [0.25, 0.3) is 0 Å². The second-order valence-corrected chi connectivity index (χ2v) is 9.33. The summed E-state index contributed by atoms with van der Waals surface area (Å²) in [6.45, 7) is 3.84. The van der Waals surface area contributed by atoms with Crippen molar-refractivity contribution >= 4 is 23.3 Å². The zero-order valence-electron chi connectivity index (χ0n) is 17.9. The number of amides is 2. The molecule has 2 bridgehead atoms. The van der Waals surface area contributed by atoms with Crippen LogP contribution >= 0.6 is 0 Å². The third-order valence-corrected chi connectivity index (χ3v) is 7.57. The van der Waals surface area contributed by atoms with Gasteiger partial charge in [-0.05, 0) is 31.2 Å². The number of anilines is 1. The lowest BCUT2D eigenvalue weighted by Crippen LogP contribution is -2.55. The second kappa shape index (κ2) is 6.65. The van der Waals surface area contributed by atoms with E-state index in [2.05, 4.69) is 5.32 Å². The highest BCUT2D eigenvalue weighted by atomic mass is 16.5. The van der Waals surface area contributed by atoms with E-state index in [4.69, 9.17) is 9.15 Å². The largest absolute Gasteiger partial charge is 0.467 e. The summed E-state index contributed by atoms with van der Waals surface area (Å²) in [6, 6.07) is 10.2. The van der Waals surface area contributed by atoms with E-state index in [9.17, 15) is 14.4 Å². The van der Waals surface area contributed by atoms with Crippen molar-refractivity contribution in [3.8, 4) is 0 Å². The Kier molecular flexibility index (Phi) is 4.05. The van der Waals surface area contributed by atoms with Crippen molar-refractivity contribution < 1.29 is 23.5 Å². The number of benzene rings is 1. The first-order valence-electron chi connectivity index (χ1n) is 11.0. The molecule has 7 nitrogen and oxygen atoms in total. The monoisotopic (exact) mass is 432 g/mol. The molecule has 4 unspecified atom stereocenters. The van der Waals surface area contributed by atoms with E-state index < -0.39 is 41.5 Å². The molecule has 1 aromatic carbocycles. The fourth-order valence-corrected chi connectivity index (χ4v) is 6.13. The van der Waals surface area contributed by atoms with E-state index in [1.165, 1.54) is 0 Å². The van der Waals surface area contributed by atoms with Gasteiger partial charge in [-0.2, -0.15) is 0 Å². The minimum Gasteiger partial charge on any atom is -0.467 e. The third kappa shape index (κ3) is 2.48. The number of rotatable bonds is 3. The summed E-state index contributed by atoms with van der Waals surface area (Å²) < 4.78 is 12.0. The molecule has 1 aromatic heterocycles. The lowest BCUT2D eigenvalue weighted by molar-refractivity contribution is -0.147. The number of piperidine rings is 1. The highest BCUT2D eigenvalue weighted by molar-refractivity contribution is 6.00. The molecule has 5 heterocycles. The van der Waals surface area contributed by atoms with Crippen molar-refractivity contribution in [1.29, 1.82) is 0 Å². The predicted molar refractivity (Wildman–Crippen MR) is 114 cm³/mol. The number of ketones is 1. The van der Waals surface area contributed by atoms with Gasteiger partial charge in [0.05, 0.1) is 36.3 Å². The number of hydrogen-bond acceptors (Lipinski definition) is 5. The van der Waals surface area contributed by atoms with Crippen molar-refractivity contribution in [2.45, 2.75) is 44.1 Å². The molecule has 0 radical (unpaired) electrons. The number of Topliss-reactive ketones (excluding diaryl/α,β-unsaturated/α-hetero) is 1. The molecule has 2 aromatic rings. The molecule has 4 aliphatic heterocycles. The smallest absolute Gasteiger partial charge is 0.231 e. The van der Waals surface area contributed by atoms with Crippen LogP contribution in [-0.4, -0.2) is 40.2 Å². The van der Waals surface area contributed by atoms with Crippen LogP contribution in [0.15, 0.2) is 59.2 Å². The van der Waals surface area contributed by atoms with E-state index in [-0.39, 0.29) is 24.0 Å². The summed E-state index contributed by atoms with van der Waals surface area (Å²) in [7, 11) is 0. The number of carbonyl (C=O) groups excluding carboxylic acids is 3. The number of nitrogens with zero attached hydrogens (tertiary/aromatic N) is 1. The molecule has 7 heteroatoms. The summed E-state index contributed by atoms with van der Waals surface area (Å²) in [5, 5.41) is 2.96. The van der Waals surface area contributed by atoms with Crippen LogP contribution in [0.1, 0.15) is 30.7 Å². The van der Waals surface area contributed by atoms with E-state index in [1.54, 1.807) is 23.3 Å². The summed E-state index contributed by atoms with van der Waals surface area (Å²) in [5.74, 6) is -1.44. The average Bonchev–Trinajstić information content (AvgIpc) is 3.54. The molecule has 0 saturated carbocycles. The molecule has 3 saturated heterocycles. The molecule has 7 atom stereocenters. The quantitative estimate of drug-likeness (QED) is 0.754. The topological polar surface area (TPSA) is 88.8 Å². The van der Waals surface area contributed by atoms with Gasteiger partial charge in [-0.25, -0.2) is 0 Å². The maximum Gasteiger partial charge on any atom is 0.231 e. The molecule has 3 fully saturated rings. The zero-order valence-corrected chi connectivity index (χ0v) is 17.9. The summed E-state index contributed by atoms with van der Waals surface area (Å²) in [4.78, 5) is 41.9. The van der Waals surface area contributed by atoms with Crippen molar-refractivity contribution in [3.05, 3.63) is 66.1 Å². The van der Waals surface area contributed by atoms with Crippen molar-refractivity contribution in [1.82, 2.24) is 4.90 Å². The SMILES string of the molecule is Cc1ccc(NC(=O)C2[C@@H]3C=C[C@@]4(O3)C3C(C)C(=O)CC(c5ccco5)N3C(=O)[C@H]24)cc1. The Hall–Kier alpha value is -3.19. The Balaban J connectivity index is 1.38. The average molecular weight is 432 g/mol. The van der Waals surface area contributed by atoms with Gasteiger partial charge in [0.1, 0.15) is 17.1 Å². The molecule has 32 heavy (non-hydrogen) atoms.